The van der Waals surface area contributed by atoms with E-state index in [1.165, 1.54) is 22.5 Å². The number of nitrogens with zero attached hydrogens (tertiary/aromatic N) is 1. The molecule has 0 radical (unpaired) electrons. The quantitative estimate of drug-likeness (QED) is 0.850. The Balaban J connectivity index is 1.88. The molecule has 1 heterocycles. The van der Waals surface area contributed by atoms with Gasteiger partial charge in [-0.15, -0.1) is 0 Å². The molecule has 0 aromatic heterocycles. The number of hydrogen-bond donors (Lipinski definition) is 2. The lowest BCUT2D eigenvalue weighted by atomic mass is 10.0. The van der Waals surface area contributed by atoms with Crippen LogP contribution >= 0.6 is 0 Å². The van der Waals surface area contributed by atoms with Crippen LogP contribution in [0.25, 0.3) is 0 Å². The Morgan fingerprint density at radius 3 is 1.91 bits per heavy atom. The smallest absolute Gasteiger partial charge is 0.0897 e. The molecule has 2 unspecified atom stereocenters. The Morgan fingerprint density at radius 2 is 1.41 bits per heavy atom. The monoisotopic (exact) mass is 294 g/mol. The summed E-state index contributed by atoms with van der Waals surface area (Å²) in [4.78, 5) is 2.34. The second-order valence-corrected chi connectivity index (χ2v) is 6.43. The Labute approximate surface area is 131 Å². The average Bonchev–Trinajstić information content (AvgIpc) is 2.80. The highest BCUT2D eigenvalue weighted by atomic mass is 16.3. The van der Waals surface area contributed by atoms with E-state index in [1.807, 2.05) is 0 Å². The zero-order valence-electron chi connectivity index (χ0n) is 12.7. The molecule has 3 N–H and O–H groups in total. The molecule has 114 valence electrons. The van der Waals surface area contributed by atoms with Gasteiger partial charge >= 0.3 is 0 Å². The predicted octanol–water partition coefficient (Wildman–Crippen LogP) is 2.77. The van der Waals surface area contributed by atoms with Gasteiger partial charge in [0.25, 0.3) is 0 Å². The van der Waals surface area contributed by atoms with Crippen LogP contribution < -0.4 is 10.6 Å². The Kier molecular flexibility index (Phi) is 3.40. The second-order valence-electron chi connectivity index (χ2n) is 6.43. The van der Waals surface area contributed by atoms with E-state index in [4.69, 9.17) is 5.73 Å². The third-order valence-electron chi connectivity index (χ3n) is 5.13. The van der Waals surface area contributed by atoms with E-state index in [-0.39, 0.29) is 12.1 Å². The molecule has 0 spiro atoms. The first-order chi connectivity index (χ1) is 10.8. The average molecular weight is 294 g/mol. The normalized spacial score (nSPS) is 27.2. The van der Waals surface area contributed by atoms with Crippen molar-refractivity contribution in [3.05, 3.63) is 59.7 Å². The zero-order valence-corrected chi connectivity index (χ0v) is 12.7. The number of aliphatic hydroxyl groups excluding tert-OH is 1. The molecule has 3 nitrogen and oxygen atoms in total. The summed E-state index contributed by atoms with van der Waals surface area (Å²) in [6, 6.07) is 17.1. The van der Waals surface area contributed by atoms with Crippen molar-refractivity contribution in [1.29, 1.82) is 0 Å². The number of benzene rings is 2. The van der Waals surface area contributed by atoms with Crippen molar-refractivity contribution >= 4 is 11.4 Å². The highest BCUT2D eigenvalue weighted by Gasteiger charge is 2.38. The standard InChI is InChI=1S/C19H22N2O/c20-15-11-12-18(19(15)22)21-16-7-3-1-5-13(16)9-10-14-6-2-4-8-17(14)21/h1-8,15,18-19,22H,9-12,20H2/t15?,18?,19-/m0/s1. The van der Waals surface area contributed by atoms with Gasteiger partial charge in [-0.25, -0.2) is 0 Å². The molecule has 1 aliphatic heterocycles. The van der Waals surface area contributed by atoms with Gasteiger partial charge in [0.15, 0.2) is 0 Å². The summed E-state index contributed by atoms with van der Waals surface area (Å²) in [6.45, 7) is 0. The van der Waals surface area contributed by atoms with Crippen LogP contribution in [0.4, 0.5) is 11.4 Å². The van der Waals surface area contributed by atoms with Crippen molar-refractivity contribution < 1.29 is 5.11 Å². The van der Waals surface area contributed by atoms with Crippen LogP contribution in [0, 0.1) is 0 Å². The summed E-state index contributed by atoms with van der Waals surface area (Å²) < 4.78 is 0. The van der Waals surface area contributed by atoms with E-state index in [0.29, 0.717) is 0 Å². The first-order valence-corrected chi connectivity index (χ1v) is 8.14. The number of fused-ring (bicyclic) bond motifs is 2. The number of hydrogen-bond acceptors (Lipinski definition) is 3. The number of para-hydroxylation sites is 2. The Bertz CT molecular complexity index is 637. The molecule has 2 aromatic rings. The predicted molar refractivity (Wildman–Crippen MR) is 89.4 cm³/mol. The topological polar surface area (TPSA) is 49.5 Å². The fraction of sp³-hybridized carbons (Fsp3) is 0.368. The van der Waals surface area contributed by atoms with E-state index in [9.17, 15) is 5.11 Å². The first-order valence-electron chi connectivity index (χ1n) is 8.14. The van der Waals surface area contributed by atoms with Gasteiger partial charge in [0.05, 0.1) is 12.1 Å². The molecule has 22 heavy (non-hydrogen) atoms. The number of rotatable bonds is 1. The summed E-state index contributed by atoms with van der Waals surface area (Å²) in [5, 5.41) is 10.6. The first kappa shape index (κ1) is 13.8. The molecule has 0 bridgehead atoms. The highest BCUT2D eigenvalue weighted by Crippen LogP contribution is 2.41. The van der Waals surface area contributed by atoms with Crippen molar-refractivity contribution in [2.24, 2.45) is 5.73 Å². The third-order valence-corrected chi connectivity index (χ3v) is 5.13. The number of aliphatic hydroxyl groups is 1. The van der Waals surface area contributed by atoms with Crippen LogP contribution in [-0.4, -0.2) is 23.3 Å². The lowest BCUT2D eigenvalue weighted by Gasteiger charge is -2.35. The molecule has 4 rings (SSSR count). The van der Waals surface area contributed by atoms with Crippen molar-refractivity contribution in [1.82, 2.24) is 0 Å². The van der Waals surface area contributed by atoms with Gasteiger partial charge < -0.3 is 15.7 Å². The summed E-state index contributed by atoms with van der Waals surface area (Å²) in [5.41, 5.74) is 11.2. The summed E-state index contributed by atoms with van der Waals surface area (Å²) in [6.07, 6.45) is 3.42. The summed E-state index contributed by atoms with van der Waals surface area (Å²) in [7, 11) is 0. The maximum Gasteiger partial charge on any atom is 0.0897 e. The molecular formula is C19H22N2O. The van der Waals surface area contributed by atoms with Crippen LogP contribution in [0.1, 0.15) is 24.0 Å². The summed E-state index contributed by atoms with van der Waals surface area (Å²) in [5.74, 6) is 0. The molecule has 3 atom stereocenters. The largest absolute Gasteiger partial charge is 0.389 e. The zero-order chi connectivity index (χ0) is 15.1. The fourth-order valence-electron chi connectivity index (χ4n) is 3.94. The number of nitrogens with two attached hydrogens (primary N) is 1. The minimum atomic E-state index is -0.473. The maximum atomic E-state index is 10.6. The van der Waals surface area contributed by atoms with E-state index >= 15 is 0 Å². The molecule has 2 aromatic carbocycles. The second kappa shape index (κ2) is 5.41. The maximum absolute atomic E-state index is 10.6. The molecule has 2 aliphatic rings. The Hall–Kier alpha value is -1.84. The molecule has 3 heteroatoms. The molecule has 0 amide bonds. The molecule has 0 saturated heterocycles. The minimum Gasteiger partial charge on any atom is -0.389 e. The molecule has 1 saturated carbocycles. The van der Waals surface area contributed by atoms with Crippen LogP contribution in [0.3, 0.4) is 0 Å². The van der Waals surface area contributed by atoms with E-state index in [1.54, 1.807) is 0 Å². The third kappa shape index (κ3) is 2.13. The number of anilines is 2. The van der Waals surface area contributed by atoms with Gasteiger partial charge in [-0.2, -0.15) is 0 Å². The molecule has 1 fully saturated rings. The van der Waals surface area contributed by atoms with Crippen molar-refractivity contribution in [2.45, 2.75) is 43.9 Å². The number of aryl methyl sites for hydroxylation is 2. The lowest BCUT2D eigenvalue weighted by molar-refractivity contribution is 0.148. The van der Waals surface area contributed by atoms with Crippen molar-refractivity contribution in [3.8, 4) is 0 Å². The van der Waals surface area contributed by atoms with Crippen molar-refractivity contribution in [2.75, 3.05) is 4.90 Å². The van der Waals surface area contributed by atoms with Crippen molar-refractivity contribution in [3.63, 3.8) is 0 Å². The Morgan fingerprint density at radius 1 is 0.864 bits per heavy atom. The SMILES string of the molecule is NC1CCC(N2c3ccccc3CCc3ccccc32)[C@H]1O. The molecule has 1 aliphatic carbocycles. The van der Waals surface area contributed by atoms with Crippen LogP contribution in [0.2, 0.25) is 0 Å². The lowest BCUT2D eigenvalue weighted by Crippen LogP contribution is -2.43. The van der Waals surface area contributed by atoms with E-state index in [2.05, 4.69) is 53.4 Å². The van der Waals surface area contributed by atoms with Gasteiger partial charge in [-0.1, -0.05) is 36.4 Å². The van der Waals surface area contributed by atoms with E-state index < -0.39 is 6.10 Å². The van der Waals surface area contributed by atoms with Gasteiger partial charge in [-0.3, -0.25) is 0 Å². The van der Waals surface area contributed by atoms with Gasteiger partial charge in [0.1, 0.15) is 0 Å². The highest BCUT2D eigenvalue weighted by molar-refractivity contribution is 5.72. The van der Waals surface area contributed by atoms with Crippen LogP contribution in [-0.2, 0) is 12.8 Å². The van der Waals surface area contributed by atoms with Gasteiger partial charge in [-0.05, 0) is 48.9 Å². The molecular weight excluding hydrogens is 272 g/mol. The minimum absolute atomic E-state index is 0.0652. The fourth-order valence-corrected chi connectivity index (χ4v) is 3.94. The van der Waals surface area contributed by atoms with Gasteiger partial charge in [0, 0.05) is 17.4 Å². The van der Waals surface area contributed by atoms with Crippen LogP contribution in [0.5, 0.6) is 0 Å². The van der Waals surface area contributed by atoms with E-state index in [0.717, 1.165) is 25.7 Å². The van der Waals surface area contributed by atoms with Gasteiger partial charge in [0.2, 0.25) is 0 Å². The summed E-state index contributed by atoms with van der Waals surface area (Å²) >= 11 is 0. The van der Waals surface area contributed by atoms with Crippen LogP contribution in [0.15, 0.2) is 48.5 Å².